The fourth-order valence-electron chi connectivity index (χ4n) is 5.37. The van der Waals surface area contributed by atoms with Crippen LogP contribution in [0.4, 0.5) is 10.5 Å². The number of unbranched alkanes of at least 4 members (excludes halogenated alkanes) is 4. The zero-order valence-electron chi connectivity index (χ0n) is 28.1. The number of carbonyl (C=O) groups is 3. The summed E-state index contributed by atoms with van der Waals surface area (Å²) in [5, 5.41) is 5.98. The van der Waals surface area contributed by atoms with Crippen molar-refractivity contribution >= 4 is 23.6 Å². The van der Waals surface area contributed by atoms with Crippen LogP contribution in [0.3, 0.4) is 0 Å². The van der Waals surface area contributed by atoms with Gasteiger partial charge in [-0.25, -0.2) is 4.79 Å². The highest BCUT2D eigenvalue weighted by Crippen LogP contribution is 2.29. The van der Waals surface area contributed by atoms with Crippen molar-refractivity contribution in [3.8, 4) is 0 Å². The van der Waals surface area contributed by atoms with Crippen LogP contribution in [0.15, 0.2) is 72.8 Å². The van der Waals surface area contributed by atoms with Gasteiger partial charge in [-0.15, -0.1) is 0 Å². The van der Waals surface area contributed by atoms with Crippen LogP contribution in [0, 0.1) is 20.8 Å². The number of nitrogens with one attached hydrogen (secondary N) is 2. The van der Waals surface area contributed by atoms with Crippen molar-refractivity contribution in [3.63, 3.8) is 0 Å². The number of ether oxygens (including phenoxy) is 1. The Bertz CT molecular complexity index is 1410. The van der Waals surface area contributed by atoms with E-state index in [1.165, 1.54) is 0 Å². The van der Waals surface area contributed by atoms with E-state index >= 15 is 0 Å². The Kier molecular flexibility index (Phi) is 13.2. The van der Waals surface area contributed by atoms with E-state index in [-0.39, 0.29) is 18.2 Å². The third-order valence-corrected chi connectivity index (χ3v) is 7.75. The summed E-state index contributed by atoms with van der Waals surface area (Å²) < 4.78 is 5.58. The molecule has 242 valence electrons. The zero-order valence-corrected chi connectivity index (χ0v) is 28.1. The molecule has 0 radical (unpaired) electrons. The number of anilines is 1. The van der Waals surface area contributed by atoms with E-state index < -0.39 is 23.8 Å². The van der Waals surface area contributed by atoms with Crippen LogP contribution in [0.25, 0.3) is 0 Å². The topological polar surface area (TPSA) is 87.7 Å². The molecule has 0 saturated carbocycles. The monoisotopic (exact) mass is 613 g/mol. The first kappa shape index (κ1) is 35.4. The number of alkyl carbamates (subject to hydrolysis) is 1. The minimum atomic E-state index is -0.947. The molecule has 3 amide bonds. The summed E-state index contributed by atoms with van der Waals surface area (Å²) in [6.45, 7) is 13.8. The van der Waals surface area contributed by atoms with Crippen LogP contribution >= 0.6 is 0 Å². The first-order valence-electron chi connectivity index (χ1n) is 16.2. The van der Waals surface area contributed by atoms with Gasteiger partial charge in [0.2, 0.25) is 5.91 Å². The molecule has 0 aliphatic rings. The quantitative estimate of drug-likeness (QED) is 0.179. The smallest absolute Gasteiger partial charge is 0.408 e. The Labute approximate surface area is 269 Å². The number of hydrogen-bond acceptors (Lipinski definition) is 4. The Morgan fingerprint density at radius 2 is 1.49 bits per heavy atom. The Balaban J connectivity index is 2.10. The van der Waals surface area contributed by atoms with E-state index in [1.54, 1.807) is 25.7 Å². The predicted octanol–water partition coefficient (Wildman–Crippen LogP) is 8.23. The molecular weight excluding hydrogens is 562 g/mol. The number of nitrogens with zero attached hydrogens (tertiary/aromatic N) is 1. The zero-order chi connectivity index (χ0) is 33.0. The average Bonchev–Trinajstić information content (AvgIpc) is 2.98. The molecule has 0 aromatic heterocycles. The summed E-state index contributed by atoms with van der Waals surface area (Å²) >= 11 is 0. The largest absolute Gasteiger partial charge is 0.444 e. The van der Waals surface area contributed by atoms with E-state index in [9.17, 15) is 14.4 Å². The number of benzene rings is 3. The van der Waals surface area contributed by atoms with Crippen LogP contribution < -0.4 is 10.6 Å². The molecule has 2 unspecified atom stereocenters. The lowest BCUT2D eigenvalue weighted by molar-refractivity contribution is -0.140. The number of para-hydroxylation sites is 1. The molecule has 7 nitrogen and oxygen atoms in total. The van der Waals surface area contributed by atoms with Crippen molar-refractivity contribution in [1.29, 1.82) is 0 Å². The molecule has 3 aromatic carbocycles. The van der Waals surface area contributed by atoms with Gasteiger partial charge >= 0.3 is 6.09 Å². The van der Waals surface area contributed by atoms with Gasteiger partial charge in [-0.05, 0) is 76.3 Å². The fraction of sp³-hybridized carbons (Fsp3) is 0.447. The fourth-order valence-corrected chi connectivity index (χ4v) is 5.37. The Morgan fingerprint density at radius 1 is 0.822 bits per heavy atom. The first-order chi connectivity index (χ1) is 21.4. The van der Waals surface area contributed by atoms with Gasteiger partial charge in [0.25, 0.3) is 5.91 Å². The van der Waals surface area contributed by atoms with E-state index in [0.29, 0.717) is 12.2 Å². The van der Waals surface area contributed by atoms with Gasteiger partial charge in [0.15, 0.2) is 0 Å². The lowest BCUT2D eigenvalue weighted by Gasteiger charge is -2.35. The van der Waals surface area contributed by atoms with Gasteiger partial charge in [-0.2, -0.15) is 0 Å². The third-order valence-electron chi connectivity index (χ3n) is 7.75. The Morgan fingerprint density at radius 3 is 2.16 bits per heavy atom. The maximum atomic E-state index is 14.8. The van der Waals surface area contributed by atoms with Gasteiger partial charge < -0.3 is 20.3 Å². The minimum absolute atomic E-state index is 0.254. The minimum Gasteiger partial charge on any atom is -0.444 e. The highest BCUT2D eigenvalue weighted by molar-refractivity contribution is 5.99. The van der Waals surface area contributed by atoms with Crippen LogP contribution in [-0.4, -0.2) is 41.0 Å². The molecule has 2 N–H and O–H groups in total. The van der Waals surface area contributed by atoms with Crippen molar-refractivity contribution in [1.82, 2.24) is 10.2 Å². The number of aryl methyl sites for hydroxylation is 3. The lowest BCUT2D eigenvalue weighted by atomic mass is 9.95. The first-order valence-corrected chi connectivity index (χ1v) is 16.2. The van der Waals surface area contributed by atoms with Gasteiger partial charge in [0.05, 0.1) is 0 Å². The second-order valence-electron chi connectivity index (χ2n) is 12.9. The van der Waals surface area contributed by atoms with E-state index in [1.807, 2.05) is 93.6 Å². The predicted molar refractivity (Wildman–Crippen MR) is 182 cm³/mol. The molecule has 7 heteroatoms. The van der Waals surface area contributed by atoms with Crippen molar-refractivity contribution in [2.75, 3.05) is 11.9 Å². The highest BCUT2D eigenvalue weighted by atomic mass is 16.6. The van der Waals surface area contributed by atoms with Crippen molar-refractivity contribution in [2.24, 2.45) is 0 Å². The van der Waals surface area contributed by atoms with Crippen LogP contribution in [-0.2, 0) is 20.7 Å². The second-order valence-corrected chi connectivity index (χ2v) is 12.9. The molecule has 3 rings (SSSR count). The van der Waals surface area contributed by atoms with Gasteiger partial charge in [-0.3, -0.25) is 9.59 Å². The molecule has 0 aliphatic heterocycles. The summed E-state index contributed by atoms with van der Waals surface area (Å²) in [5.74, 6) is -0.623. The summed E-state index contributed by atoms with van der Waals surface area (Å²) in [5.41, 5.74) is 4.44. The molecule has 0 aliphatic carbocycles. The van der Waals surface area contributed by atoms with Crippen molar-refractivity contribution < 1.29 is 19.1 Å². The molecular formula is C38H51N3O4. The second kappa shape index (κ2) is 16.8. The summed E-state index contributed by atoms with van der Waals surface area (Å²) in [6.07, 6.45) is 4.50. The van der Waals surface area contributed by atoms with Crippen molar-refractivity contribution in [3.05, 3.63) is 101 Å². The SMILES string of the molecule is CCCCCCCN(C(=O)C(Cc1ccccc1)NC(=O)OC(C)(C)C)C(C(=O)Nc1ccccc1C)c1cc(C)ccc1C. The van der Waals surface area contributed by atoms with Gasteiger partial charge in [0, 0.05) is 18.7 Å². The molecule has 0 spiro atoms. The molecule has 2 atom stereocenters. The standard InChI is InChI=1S/C38H51N3O4/c1-8-9-10-11-17-24-41(36(43)33(26-30-19-13-12-14-20-30)40-37(44)45-38(5,6)7)34(31-25-27(2)22-23-28(31)3)35(42)39-32-21-16-15-18-29(32)4/h12-16,18-23,25,33-34H,8-11,17,24,26H2,1-7H3,(H,39,42)(H,40,44). The lowest BCUT2D eigenvalue weighted by Crippen LogP contribution is -2.53. The number of rotatable bonds is 14. The molecule has 45 heavy (non-hydrogen) atoms. The Hall–Kier alpha value is -4.13. The van der Waals surface area contributed by atoms with Gasteiger partial charge in [0.1, 0.15) is 17.7 Å². The van der Waals surface area contributed by atoms with Crippen LogP contribution in [0.1, 0.15) is 93.7 Å². The third kappa shape index (κ3) is 11.1. The van der Waals surface area contributed by atoms with Crippen LogP contribution in [0.2, 0.25) is 0 Å². The maximum absolute atomic E-state index is 14.8. The highest BCUT2D eigenvalue weighted by Gasteiger charge is 2.37. The van der Waals surface area contributed by atoms with Crippen LogP contribution in [0.5, 0.6) is 0 Å². The van der Waals surface area contributed by atoms with E-state index in [0.717, 1.165) is 59.9 Å². The average molecular weight is 614 g/mol. The number of amides is 3. The molecule has 0 saturated heterocycles. The summed E-state index contributed by atoms with van der Waals surface area (Å²) in [6, 6.07) is 21.3. The number of hydrogen-bond donors (Lipinski definition) is 2. The summed E-state index contributed by atoms with van der Waals surface area (Å²) in [4.78, 5) is 43.9. The van der Waals surface area contributed by atoms with Crippen molar-refractivity contribution in [2.45, 2.75) is 105 Å². The normalized spacial score (nSPS) is 12.6. The summed E-state index contributed by atoms with van der Waals surface area (Å²) in [7, 11) is 0. The molecule has 3 aromatic rings. The van der Waals surface area contributed by atoms with E-state index in [2.05, 4.69) is 17.6 Å². The molecule has 0 fully saturated rings. The van der Waals surface area contributed by atoms with E-state index in [4.69, 9.17) is 4.74 Å². The van der Waals surface area contributed by atoms with Gasteiger partial charge in [-0.1, -0.05) is 105 Å². The maximum Gasteiger partial charge on any atom is 0.408 e. The molecule has 0 heterocycles. The molecule has 0 bridgehead atoms. The number of carbonyl (C=O) groups excluding carboxylic acids is 3.